The lowest BCUT2D eigenvalue weighted by Gasteiger charge is -2.05. The average molecular weight is 300 g/mol. The van der Waals surface area contributed by atoms with E-state index in [1.54, 1.807) is 18.4 Å². The Morgan fingerprint density at radius 1 is 1.15 bits per heavy atom. The van der Waals surface area contributed by atoms with Crippen LogP contribution in [0, 0.1) is 0 Å². The van der Waals surface area contributed by atoms with Crippen LogP contribution in [0.1, 0.15) is 0 Å². The van der Waals surface area contributed by atoms with Crippen LogP contribution in [0.4, 0.5) is 0 Å². The molecule has 0 bridgehead atoms. The van der Waals surface area contributed by atoms with Gasteiger partial charge >= 0.3 is 0 Å². The first-order chi connectivity index (χ1) is 9.76. The number of benzene rings is 2. The molecule has 0 fully saturated rings. The van der Waals surface area contributed by atoms with Gasteiger partial charge in [-0.2, -0.15) is 0 Å². The Balaban J connectivity index is 2.14. The summed E-state index contributed by atoms with van der Waals surface area (Å²) >= 11 is 7.99. The topological polar surface area (TPSA) is 22.1 Å². The first-order valence-electron chi connectivity index (χ1n) is 6.22. The van der Waals surface area contributed by atoms with Crippen molar-refractivity contribution >= 4 is 43.9 Å². The third-order valence-corrected chi connectivity index (χ3v) is 4.83. The predicted octanol–water partition coefficient (Wildman–Crippen LogP) is 5.22. The van der Waals surface area contributed by atoms with Crippen molar-refractivity contribution in [2.24, 2.45) is 0 Å². The minimum atomic E-state index is 0.755. The predicted molar refractivity (Wildman–Crippen MR) is 85.3 cm³/mol. The molecule has 0 amide bonds. The zero-order valence-corrected chi connectivity index (χ0v) is 12.3. The second-order valence-corrected chi connectivity index (χ2v) is 6.05. The van der Waals surface area contributed by atoms with Crippen molar-refractivity contribution in [3.63, 3.8) is 0 Å². The fourth-order valence-corrected chi connectivity index (χ4v) is 3.78. The third-order valence-electron chi connectivity index (χ3n) is 3.44. The smallest absolute Gasteiger partial charge is 0.125 e. The van der Waals surface area contributed by atoms with Gasteiger partial charge < -0.3 is 4.74 Å². The zero-order valence-electron chi connectivity index (χ0n) is 10.7. The summed E-state index contributed by atoms with van der Waals surface area (Å²) in [6, 6.07) is 14.1. The third kappa shape index (κ3) is 1.67. The summed E-state index contributed by atoms with van der Waals surface area (Å²) in [7, 11) is 1.68. The number of hydrogen-bond donors (Lipinski definition) is 0. The van der Waals surface area contributed by atoms with E-state index >= 15 is 0 Å². The summed E-state index contributed by atoms with van der Waals surface area (Å²) in [5, 5.41) is 3.98. The van der Waals surface area contributed by atoms with Gasteiger partial charge in [-0.3, -0.25) is 0 Å². The minimum absolute atomic E-state index is 0.755. The number of aromatic nitrogens is 1. The van der Waals surface area contributed by atoms with Crippen LogP contribution < -0.4 is 4.74 Å². The van der Waals surface area contributed by atoms with Crippen LogP contribution in [0.2, 0.25) is 5.02 Å². The van der Waals surface area contributed by atoms with Crippen LogP contribution in [-0.4, -0.2) is 12.1 Å². The Morgan fingerprint density at radius 3 is 2.90 bits per heavy atom. The molecular formula is C16H10ClNOS. The minimum Gasteiger partial charge on any atom is -0.497 e. The first-order valence-corrected chi connectivity index (χ1v) is 7.41. The van der Waals surface area contributed by atoms with Crippen LogP contribution in [0.15, 0.2) is 42.5 Å². The maximum atomic E-state index is 6.32. The van der Waals surface area contributed by atoms with Gasteiger partial charge in [0.1, 0.15) is 10.8 Å². The first kappa shape index (κ1) is 11.9. The van der Waals surface area contributed by atoms with Gasteiger partial charge in [0.05, 0.1) is 17.6 Å². The number of nitrogens with zero attached hydrogens (tertiary/aromatic N) is 1. The molecule has 0 aromatic heterocycles. The van der Waals surface area contributed by atoms with Crippen molar-refractivity contribution < 1.29 is 4.74 Å². The molecule has 2 aromatic carbocycles. The highest BCUT2D eigenvalue weighted by atomic mass is 35.5. The van der Waals surface area contributed by atoms with Gasteiger partial charge in [-0.15, -0.1) is 11.3 Å². The molecular weight excluding hydrogens is 290 g/mol. The monoisotopic (exact) mass is 299 g/mol. The van der Waals surface area contributed by atoms with Gasteiger partial charge in [0, 0.05) is 15.6 Å². The molecule has 0 atom stereocenters. The SMILES string of the molecule is COc1ccc2cc3c4c(Cl)cccc4nc-3sc2c1. The van der Waals surface area contributed by atoms with Crippen LogP contribution in [-0.2, 0) is 0 Å². The lowest BCUT2D eigenvalue weighted by Crippen LogP contribution is -1.82. The molecule has 0 saturated carbocycles. The molecule has 4 heteroatoms. The number of halogens is 1. The number of methoxy groups -OCH3 is 1. The van der Waals surface area contributed by atoms with E-state index in [4.69, 9.17) is 16.3 Å². The summed E-state index contributed by atoms with van der Waals surface area (Å²) in [6.07, 6.45) is 0. The molecule has 0 radical (unpaired) electrons. The maximum Gasteiger partial charge on any atom is 0.125 e. The second-order valence-electron chi connectivity index (χ2n) is 4.61. The Hall–Kier alpha value is -1.84. The molecule has 0 N–H and O–H groups in total. The quantitative estimate of drug-likeness (QED) is 0.481. The molecule has 2 aromatic rings. The molecule has 98 valence electrons. The number of ether oxygens (including phenoxy) is 1. The van der Waals surface area contributed by atoms with Crippen LogP contribution >= 0.6 is 22.9 Å². The summed E-state index contributed by atoms with van der Waals surface area (Å²) in [5.74, 6) is 0.863. The Labute approximate surface area is 124 Å². The van der Waals surface area contributed by atoms with E-state index in [0.717, 1.165) is 36.9 Å². The van der Waals surface area contributed by atoms with Crippen molar-refractivity contribution in [2.45, 2.75) is 0 Å². The van der Waals surface area contributed by atoms with E-state index in [-0.39, 0.29) is 0 Å². The normalized spacial score (nSPS) is 11.5. The fourth-order valence-electron chi connectivity index (χ4n) is 2.47. The highest BCUT2D eigenvalue weighted by molar-refractivity contribution is 7.21. The lowest BCUT2D eigenvalue weighted by atomic mass is 10.1. The molecule has 2 aliphatic heterocycles. The molecule has 0 aliphatic carbocycles. The van der Waals surface area contributed by atoms with Gasteiger partial charge in [0.25, 0.3) is 0 Å². The van der Waals surface area contributed by atoms with Crippen molar-refractivity contribution in [3.8, 4) is 16.3 Å². The summed E-state index contributed by atoms with van der Waals surface area (Å²) in [5.41, 5.74) is 2.07. The van der Waals surface area contributed by atoms with Gasteiger partial charge in [0.15, 0.2) is 0 Å². The van der Waals surface area contributed by atoms with Gasteiger partial charge in [-0.1, -0.05) is 17.7 Å². The van der Waals surface area contributed by atoms with Crippen molar-refractivity contribution in [3.05, 3.63) is 47.5 Å². The van der Waals surface area contributed by atoms with E-state index < -0.39 is 0 Å². The highest BCUT2D eigenvalue weighted by Gasteiger charge is 2.16. The molecule has 0 spiro atoms. The average Bonchev–Trinajstić information content (AvgIpc) is 2.82. The van der Waals surface area contributed by atoms with E-state index in [0.29, 0.717) is 0 Å². The van der Waals surface area contributed by atoms with Crippen LogP contribution in [0.25, 0.3) is 31.6 Å². The molecule has 2 nitrogen and oxygen atoms in total. The molecule has 0 unspecified atom stereocenters. The molecule has 2 heterocycles. The molecule has 2 aliphatic rings. The Morgan fingerprint density at radius 2 is 2.05 bits per heavy atom. The van der Waals surface area contributed by atoms with E-state index in [1.807, 2.05) is 30.3 Å². The highest BCUT2D eigenvalue weighted by Crippen LogP contribution is 2.41. The van der Waals surface area contributed by atoms with E-state index in [2.05, 4.69) is 17.1 Å². The van der Waals surface area contributed by atoms with Crippen LogP contribution in [0.3, 0.4) is 0 Å². The number of rotatable bonds is 1. The van der Waals surface area contributed by atoms with Crippen molar-refractivity contribution in [1.29, 1.82) is 0 Å². The fraction of sp³-hybridized carbons (Fsp3) is 0.0625. The molecule has 20 heavy (non-hydrogen) atoms. The lowest BCUT2D eigenvalue weighted by molar-refractivity contribution is 0.415. The largest absolute Gasteiger partial charge is 0.497 e. The Bertz CT molecular complexity index is 915. The van der Waals surface area contributed by atoms with Crippen molar-refractivity contribution in [2.75, 3.05) is 7.11 Å². The standard InChI is InChI=1S/C16H10ClNOS/c1-19-10-6-5-9-7-11-15-12(17)3-2-4-13(15)18-16(11)20-14(9)8-10/h2-8H,1H3. The molecule has 4 rings (SSSR count). The van der Waals surface area contributed by atoms with Gasteiger partial charge in [-0.05, 0) is 41.8 Å². The van der Waals surface area contributed by atoms with Gasteiger partial charge in [0.2, 0.25) is 0 Å². The second kappa shape index (κ2) is 4.33. The van der Waals surface area contributed by atoms with Gasteiger partial charge in [-0.25, -0.2) is 4.98 Å². The Kier molecular flexibility index (Phi) is 2.59. The van der Waals surface area contributed by atoms with Crippen molar-refractivity contribution in [1.82, 2.24) is 4.98 Å². The zero-order chi connectivity index (χ0) is 13.7. The van der Waals surface area contributed by atoms with E-state index in [1.165, 1.54) is 5.39 Å². The van der Waals surface area contributed by atoms with E-state index in [9.17, 15) is 0 Å². The summed E-state index contributed by atoms with van der Waals surface area (Å²) in [6.45, 7) is 0. The van der Waals surface area contributed by atoms with Crippen LogP contribution in [0.5, 0.6) is 5.75 Å². The number of fused-ring (bicyclic) bond motifs is 4. The summed E-state index contributed by atoms with van der Waals surface area (Å²) in [4.78, 5) is 4.67. The molecule has 0 saturated heterocycles. The maximum absolute atomic E-state index is 6.32. The number of hydrogen-bond acceptors (Lipinski definition) is 3. The summed E-state index contributed by atoms with van der Waals surface area (Å²) < 4.78 is 6.44.